The molecule has 0 radical (unpaired) electrons. The first-order valence-electron chi connectivity index (χ1n) is 10.0. The standard InChI is InChI=1S/C23H24ClN3O3/c1-16-18(24)8-5-9-19(16)25-21-20(17-6-3-2-4-7-17)22(28)27(23(21)29)11-10-26-12-14-30-15-13-26/h2-9,25H,10-15H2,1H3. The largest absolute Gasteiger partial charge is 0.379 e. The summed E-state index contributed by atoms with van der Waals surface area (Å²) < 4.78 is 5.37. The van der Waals surface area contributed by atoms with Gasteiger partial charge in [0.25, 0.3) is 11.8 Å². The van der Waals surface area contributed by atoms with E-state index in [1.54, 1.807) is 6.07 Å². The Morgan fingerprint density at radius 2 is 1.70 bits per heavy atom. The SMILES string of the molecule is Cc1c(Cl)cccc1NC1=C(c2ccccc2)C(=O)N(CCN2CCOCC2)C1=O. The Balaban J connectivity index is 1.63. The summed E-state index contributed by atoms with van der Waals surface area (Å²) in [5.41, 5.74) is 2.93. The molecule has 4 rings (SSSR count). The van der Waals surface area contributed by atoms with Crippen molar-refractivity contribution in [2.24, 2.45) is 0 Å². The molecule has 6 nitrogen and oxygen atoms in total. The van der Waals surface area contributed by atoms with Gasteiger partial charge >= 0.3 is 0 Å². The number of halogens is 1. The maximum atomic E-state index is 13.3. The van der Waals surface area contributed by atoms with Gasteiger partial charge in [0.05, 0.1) is 18.8 Å². The van der Waals surface area contributed by atoms with Crippen LogP contribution in [0, 0.1) is 6.92 Å². The van der Waals surface area contributed by atoms with Gasteiger partial charge in [-0.3, -0.25) is 19.4 Å². The molecule has 0 aliphatic carbocycles. The Labute approximate surface area is 181 Å². The van der Waals surface area contributed by atoms with E-state index in [0.29, 0.717) is 53.8 Å². The normalized spacial score (nSPS) is 17.7. The number of nitrogens with one attached hydrogen (secondary N) is 1. The van der Waals surface area contributed by atoms with Crippen LogP contribution >= 0.6 is 11.6 Å². The summed E-state index contributed by atoms with van der Waals surface area (Å²) in [4.78, 5) is 30.1. The number of anilines is 1. The van der Waals surface area contributed by atoms with Crippen LogP contribution in [0.5, 0.6) is 0 Å². The zero-order chi connectivity index (χ0) is 21.1. The van der Waals surface area contributed by atoms with Gasteiger partial charge in [-0.05, 0) is 30.2 Å². The van der Waals surface area contributed by atoms with Crippen molar-refractivity contribution in [1.29, 1.82) is 0 Å². The van der Waals surface area contributed by atoms with Gasteiger partial charge in [0, 0.05) is 36.9 Å². The van der Waals surface area contributed by atoms with E-state index in [0.717, 1.165) is 18.7 Å². The smallest absolute Gasteiger partial charge is 0.278 e. The van der Waals surface area contributed by atoms with Gasteiger partial charge < -0.3 is 10.1 Å². The second kappa shape index (κ2) is 9.00. The van der Waals surface area contributed by atoms with E-state index < -0.39 is 0 Å². The molecule has 1 fully saturated rings. The second-order valence-corrected chi connectivity index (χ2v) is 7.78. The average Bonchev–Trinajstić information content (AvgIpc) is 3.00. The number of hydrogen-bond acceptors (Lipinski definition) is 5. The van der Waals surface area contributed by atoms with Crippen molar-refractivity contribution in [1.82, 2.24) is 9.80 Å². The zero-order valence-corrected chi connectivity index (χ0v) is 17.6. The number of rotatable bonds is 6. The lowest BCUT2D eigenvalue weighted by atomic mass is 10.0. The van der Waals surface area contributed by atoms with E-state index in [-0.39, 0.29) is 11.8 Å². The first-order valence-corrected chi connectivity index (χ1v) is 10.4. The molecule has 1 N–H and O–H groups in total. The minimum atomic E-state index is -0.313. The van der Waals surface area contributed by atoms with Gasteiger partial charge in [-0.2, -0.15) is 0 Å². The van der Waals surface area contributed by atoms with Crippen LogP contribution in [0.25, 0.3) is 5.57 Å². The van der Waals surface area contributed by atoms with E-state index in [9.17, 15) is 9.59 Å². The van der Waals surface area contributed by atoms with E-state index in [2.05, 4.69) is 10.2 Å². The highest BCUT2D eigenvalue weighted by Gasteiger charge is 2.39. The van der Waals surface area contributed by atoms with Crippen molar-refractivity contribution in [3.8, 4) is 0 Å². The molecule has 156 valence electrons. The van der Waals surface area contributed by atoms with Crippen LogP contribution in [-0.4, -0.2) is 61.0 Å². The Morgan fingerprint density at radius 1 is 0.967 bits per heavy atom. The average molecular weight is 426 g/mol. The monoisotopic (exact) mass is 425 g/mol. The first-order chi connectivity index (χ1) is 14.6. The lowest BCUT2D eigenvalue weighted by molar-refractivity contribution is -0.137. The predicted molar refractivity (Wildman–Crippen MR) is 117 cm³/mol. The van der Waals surface area contributed by atoms with Crippen molar-refractivity contribution >= 4 is 34.7 Å². The number of carbonyl (C=O) groups is 2. The number of amides is 2. The fourth-order valence-corrected chi connectivity index (χ4v) is 3.89. The number of imide groups is 1. The van der Waals surface area contributed by atoms with Gasteiger partial charge in [0.15, 0.2) is 0 Å². The van der Waals surface area contributed by atoms with Gasteiger partial charge in [-0.15, -0.1) is 0 Å². The molecular formula is C23H24ClN3O3. The van der Waals surface area contributed by atoms with Gasteiger partial charge in [-0.1, -0.05) is 48.0 Å². The summed E-state index contributed by atoms with van der Waals surface area (Å²) in [5, 5.41) is 3.80. The maximum absolute atomic E-state index is 13.3. The molecule has 30 heavy (non-hydrogen) atoms. The summed E-state index contributed by atoms with van der Waals surface area (Å²) in [7, 11) is 0. The van der Waals surface area contributed by atoms with Gasteiger partial charge in [0.2, 0.25) is 0 Å². The lowest BCUT2D eigenvalue weighted by Gasteiger charge is -2.28. The summed E-state index contributed by atoms with van der Waals surface area (Å²) in [6.45, 7) is 5.82. The Hall–Kier alpha value is -2.67. The van der Waals surface area contributed by atoms with Crippen LogP contribution < -0.4 is 5.32 Å². The van der Waals surface area contributed by atoms with E-state index >= 15 is 0 Å². The van der Waals surface area contributed by atoms with Crippen molar-refractivity contribution in [3.05, 3.63) is 70.4 Å². The molecule has 2 heterocycles. The predicted octanol–water partition coefficient (Wildman–Crippen LogP) is 3.17. The second-order valence-electron chi connectivity index (χ2n) is 7.37. The summed E-state index contributed by atoms with van der Waals surface area (Å²) >= 11 is 6.25. The zero-order valence-electron chi connectivity index (χ0n) is 16.9. The molecule has 2 aromatic rings. The molecule has 0 unspecified atom stereocenters. The van der Waals surface area contributed by atoms with Crippen LogP contribution in [0.2, 0.25) is 5.02 Å². The number of hydrogen-bond donors (Lipinski definition) is 1. The highest BCUT2D eigenvalue weighted by Crippen LogP contribution is 2.32. The van der Waals surface area contributed by atoms with Gasteiger partial charge in [0.1, 0.15) is 5.70 Å². The number of benzene rings is 2. The first kappa shape index (κ1) is 20.6. The van der Waals surface area contributed by atoms with Crippen molar-refractivity contribution in [2.75, 3.05) is 44.7 Å². The van der Waals surface area contributed by atoms with E-state index in [1.807, 2.05) is 49.4 Å². The van der Waals surface area contributed by atoms with Crippen LogP contribution in [-0.2, 0) is 14.3 Å². The third-order valence-electron chi connectivity index (χ3n) is 5.50. The molecule has 2 aliphatic heterocycles. The Morgan fingerprint density at radius 3 is 2.43 bits per heavy atom. The third kappa shape index (κ3) is 4.12. The Bertz CT molecular complexity index is 984. The summed E-state index contributed by atoms with van der Waals surface area (Å²) in [6.07, 6.45) is 0. The van der Waals surface area contributed by atoms with E-state index in [1.165, 1.54) is 4.90 Å². The van der Waals surface area contributed by atoms with Crippen molar-refractivity contribution < 1.29 is 14.3 Å². The summed E-state index contributed by atoms with van der Waals surface area (Å²) in [6, 6.07) is 14.8. The third-order valence-corrected chi connectivity index (χ3v) is 5.91. The van der Waals surface area contributed by atoms with Crippen LogP contribution in [0.4, 0.5) is 5.69 Å². The molecule has 1 saturated heterocycles. The molecule has 7 heteroatoms. The highest BCUT2D eigenvalue weighted by molar-refractivity contribution is 6.36. The van der Waals surface area contributed by atoms with Crippen LogP contribution in [0.15, 0.2) is 54.2 Å². The minimum absolute atomic E-state index is 0.276. The molecule has 0 atom stereocenters. The Kier molecular flexibility index (Phi) is 6.18. The molecule has 0 spiro atoms. The molecule has 0 aromatic heterocycles. The van der Waals surface area contributed by atoms with Crippen molar-refractivity contribution in [2.45, 2.75) is 6.92 Å². The highest BCUT2D eigenvalue weighted by atomic mass is 35.5. The quantitative estimate of drug-likeness (QED) is 0.720. The molecule has 2 aromatic carbocycles. The number of carbonyl (C=O) groups excluding carboxylic acids is 2. The fraction of sp³-hybridized carbons (Fsp3) is 0.304. The number of ether oxygens (including phenoxy) is 1. The lowest BCUT2D eigenvalue weighted by Crippen LogP contribution is -2.43. The van der Waals surface area contributed by atoms with Crippen molar-refractivity contribution in [3.63, 3.8) is 0 Å². The number of morpholine rings is 1. The van der Waals surface area contributed by atoms with E-state index in [4.69, 9.17) is 16.3 Å². The maximum Gasteiger partial charge on any atom is 0.278 e. The topological polar surface area (TPSA) is 61.9 Å². The van der Waals surface area contributed by atoms with Crippen LogP contribution in [0.1, 0.15) is 11.1 Å². The molecular weight excluding hydrogens is 402 g/mol. The minimum Gasteiger partial charge on any atom is -0.379 e. The molecule has 0 saturated carbocycles. The molecule has 2 amide bonds. The molecule has 2 aliphatic rings. The summed E-state index contributed by atoms with van der Waals surface area (Å²) in [5.74, 6) is -0.590. The fourth-order valence-electron chi connectivity index (χ4n) is 3.71. The molecule has 0 bridgehead atoms. The number of nitrogens with zero attached hydrogens (tertiary/aromatic N) is 2. The van der Waals surface area contributed by atoms with Crippen LogP contribution in [0.3, 0.4) is 0 Å². The van der Waals surface area contributed by atoms with Gasteiger partial charge in [-0.25, -0.2) is 0 Å².